The average molecular weight is 317 g/mol. The maximum atomic E-state index is 12.3. The number of carbonyl (C=O) groups is 1. The van der Waals surface area contributed by atoms with Crippen molar-refractivity contribution in [2.75, 3.05) is 6.79 Å². The zero-order chi connectivity index (χ0) is 15.5. The lowest BCUT2D eigenvalue weighted by Crippen LogP contribution is -2.21. The summed E-state index contributed by atoms with van der Waals surface area (Å²) in [5, 5.41) is 2.96. The number of carbonyl (C=O) groups excluding carboxylic acids is 1. The summed E-state index contributed by atoms with van der Waals surface area (Å²) >= 11 is 1.56. The molecule has 0 atom stereocenters. The van der Waals surface area contributed by atoms with Gasteiger partial charge in [0.15, 0.2) is 11.5 Å². The predicted octanol–water partition coefficient (Wildman–Crippen LogP) is 3.67. The lowest BCUT2D eigenvalue weighted by atomic mass is 10.1. The second-order valence-electron chi connectivity index (χ2n) is 5.31. The third-order valence-corrected chi connectivity index (χ3v) is 4.75. The Morgan fingerprint density at radius 3 is 2.91 bits per heavy atom. The van der Waals surface area contributed by atoms with E-state index in [0.717, 1.165) is 34.8 Å². The molecule has 0 fully saturated rings. The van der Waals surface area contributed by atoms with Crippen LogP contribution in [0.5, 0.6) is 11.5 Å². The third kappa shape index (κ3) is 3.09. The smallest absolute Gasteiger partial charge is 0.261 e. The highest BCUT2D eigenvalue weighted by molar-refractivity contribution is 7.14. The molecule has 1 aliphatic heterocycles. The number of fused-ring (bicyclic) bond motifs is 1. The van der Waals surface area contributed by atoms with Gasteiger partial charge in [0.05, 0.1) is 4.88 Å². The van der Waals surface area contributed by atoms with Gasteiger partial charge in [-0.3, -0.25) is 4.79 Å². The number of aryl methyl sites for hydroxylation is 2. The van der Waals surface area contributed by atoms with Crippen LogP contribution in [0.2, 0.25) is 0 Å². The minimum Gasteiger partial charge on any atom is -0.454 e. The molecule has 1 aliphatic rings. The molecule has 0 aliphatic carbocycles. The molecule has 0 bridgehead atoms. The number of thiophene rings is 1. The first kappa shape index (κ1) is 14.9. The number of amides is 1. The summed E-state index contributed by atoms with van der Waals surface area (Å²) in [5.74, 6) is 1.48. The number of rotatable bonds is 5. The first-order valence-electron chi connectivity index (χ1n) is 7.43. The molecule has 0 spiro atoms. The molecule has 2 aromatic rings. The molecule has 0 saturated heterocycles. The van der Waals surface area contributed by atoms with Crippen LogP contribution in [-0.4, -0.2) is 12.7 Å². The minimum absolute atomic E-state index is 0.0203. The van der Waals surface area contributed by atoms with Crippen LogP contribution in [0.3, 0.4) is 0 Å². The van der Waals surface area contributed by atoms with Crippen molar-refractivity contribution in [3.8, 4) is 11.5 Å². The monoisotopic (exact) mass is 317 g/mol. The van der Waals surface area contributed by atoms with E-state index in [-0.39, 0.29) is 12.7 Å². The van der Waals surface area contributed by atoms with E-state index in [1.54, 1.807) is 11.3 Å². The SMILES string of the molecule is CCCc1cc(C(=O)NCc2ccc3c(c2)OCO3)sc1C. The van der Waals surface area contributed by atoms with Crippen molar-refractivity contribution in [2.45, 2.75) is 33.2 Å². The topological polar surface area (TPSA) is 47.6 Å². The Hall–Kier alpha value is -2.01. The molecule has 4 nitrogen and oxygen atoms in total. The van der Waals surface area contributed by atoms with E-state index >= 15 is 0 Å². The summed E-state index contributed by atoms with van der Waals surface area (Å²) in [4.78, 5) is 14.3. The highest BCUT2D eigenvalue weighted by Gasteiger charge is 2.15. The van der Waals surface area contributed by atoms with Gasteiger partial charge in [0.25, 0.3) is 5.91 Å². The molecular weight excluding hydrogens is 298 g/mol. The quantitative estimate of drug-likeness (QED) is 0.915. The Morgan fingerprint density at radius 2 is 2.09 bits per heavy atom. The minimum atomic E-state index is -0.0203. The van der Waals surface area contributed by atoms with Gasteiger partial charge in [-0.25, -0.2) is 0 Å². The van der Waals surface area contributed by atoms with E-state index in [9.17, 15) is 4.79 Å². The first-order valence-corrected chi connectivity index (χ1v) is 8.25. The molecule has 0 unspecified atom stereocenters. The van der Waals surface area contributed by atoms with Gasteiger partial charge in [0.1, 0.15) is 0 Å². The molecule has 22 heavy (non-hydrogen) atoms. The summed E-state index contributed by atoms with van der Waals surface area (Å²) in [5.41, 5.74) is 2.28. The number of ether oxygens (including phenoxy) is 2. The Kier molecular flexibility index (Phi) is 4.34. The normalized spacial score (nSPS) is 12.5. The van der Waals surface area contributed by atoms with Crippen molar-refractivity contribution in [1.29, 1.82) is 0 Å². The molecule has 116 valence electrons. The molecule has 3 rings (SSSR count). The number of hydrogen-bond acceptors (Lipinski definition) is 4. The third-order valence-electron chi connectivity index (χ3n) is 3.65. The molecule has 0 radical (unpaired) electrons. The first-order chi connectivity index (χ1) is 10.7. The van der Waals surface area contributed by atoms with Crippen LogP contribution in [0.1, 0.15) is 39.0 Å². The van der Waals surface area contributed by atoms with Gasteiger partial charge in [0, 0.05) is 11.4 Å². The van der Waals surface area contributed by atoms with Gasteiger partial charge >= 0.3 is 0 Å². The van der Waals surface area contributed by atoms with Gasteiger partial charge in [-0.1, -0.05) is 19.4 Å². The fourth-order valence-electron chi connectivity index (χ4n) is 2.47. The largest absolute Gasteiger partial charge is 0.454 e. The zero-order valence-electron chi connectivity index (χ0n) is 12.8. The van der Waals surface area contributed by atoms with E-state index in [0.29, 0.717) is 6.54 Å². The molecule has 5 heteroatoms. The summed E-state index contributed by atoms with van der Waals surface area (Å²) in [6, 6.07) is 7.73. The number of benzene rings is 1. The van der Waals surface area contributed by atoms with Gasteiger partial charge in [-0.15, -0.1) is 11.3 Å². The fourth-order valence-corrected chi connectivity index (χ4v) is 3.46. The molecule has 1 aromatic heterocycles. The highest BCUT2D eigenvalue weighted by atomic mass is 32.1. The maximum Gasteiger partial charge on any atom is 0.261 e. The molecule has 1 amide bonds. The van der Waals surface area contributed by atoms with Crippen LogP contribution >= 0.6 is 11.3 Å². The second kappa shape index (κ2) is 6.40. The summed E-state index contributed by atoms with van der Waals surface area (Å²) in [7, 11) is 0. The lowest BCUT2D eigenvalue weighted by molar-refractivity contribution is 0.0955. The van der Waals surface area contributed by atoms with Crippen LogP contribution in [0, 0.1) is 6.92 Å². The Morgan fingerprint density at radius 1 is 1.27 bits per heavy atom. The lowest BCUT2D eigenvalue weighted by Gasteiger charge is -2.05. The number of hydrogen-bond donors (Lipinski definition) is 1. The summed E-state index contributed by atoms with van der Waals surface area (Å²) in [6.45, 7) is 4.97. The van der Waals surface area contributed by atoms with E-state index < -0.39 is 0 Å². The number of nitrogens with one attached hydrogen (secondary N) is 1. The van der Waals surface area contributed by atoms with Crippen LogP contribution in [0.25, 0.3) is 0 Å². The highest BCUT2D eigenvalue weighted by Crippen LogP contribution is 2.32. The van der Waals surface area contributed by atoms with E-state index in [1.165, 1.54) is 10.4 Å². The van der Waals surface area contributed by atoms with Crippen LogP contribution in [-0.2, 0) is 13.0 Å². The van der Waals surface area contributed by atoms with Crippen molar-refractivity contribution < 1.29 is 14.3 Å². The predicted molar refractivity (Wildman–Crippen MR) is 86.8 cm³/mol. The zero-order valence-corrected chi connectivity index (χ0v) is 13.6. The molecule has 1 N–H and O–H groups in total. The molecular formula is C17H19NO3S. The van der Waals surface area contributed by atoms with Crippen molar-refractivity contribution in [1.82, 2.24) is 5.32 Å². The Balaban J connectivity index is 1.63. The maximum absolute atomic E-state index is 12.3. The van der Waals surface area contributed by atoms with Crippen LogP contribution < -0.4 is 14.8 Å². The summed E-state index contributed by atoms with van der Waals surface area (Å²) < 4.78 is 10.6. The summed E-state index contributed by atoms with van der Waals surface area (Å²) in [6.07, 6.45) is 2.12. The fraction of sp³-hybridized carbons (Fsp3) is 0.353. The van der Waals surface area contributed by atoms with Crippen LogP contribution in [0.4, 0.5) is 0 Å². The molecule has 1 aromatic carbocycles. The molecule has 0 saturated carbocycles. The Bertz CT molecular complexity index is 693. The second-order valence-corrected chi connectivity index (χ2v) is 6.57. The van der Waals surface area contributed by atoms with Gasteiger partial charge in [-0.05, 0) is 42.7 Å². The van der Waals surface area contributed by atoms with Gasteiger partial charge in [-0.2, -0.15) is 0 Å². The Labute approximate surface area is 134 Å². The van der Waals surface area contributed by atoms with Crippen LogP contribution in [0.15, 0.2) is 24.3 Å². The van der Waals surface area contributed by atoms with Gasteiger partial charge < -0.3 is 14.8 Å². The van der Waals surface area contributed by atoms with E-state index in [2.05, 4.69) is 19.2 Å². The van der Waals surface area contributed by atoms with E-state index in [1.807, 2.05) is 24.3 Å². The average Bonchev–Trinajstić information content (AvgIpc) is 3.12. The van der Waals surface area contributed by atoms with E-state index in [4.69, 9.17) is 9.47 Å². The van der Waals surface area contributed by atoms with Crippen molar-refractivity contribution >= 4 is 17.2 Å². The van der Waals surface area contributed by atoms with Crippen molar-refractivity contribution in [3.63, 3.8) is 0 Å². The standard InChI is InChI=1S/C17H19NO3S/c1-3-4-13-8-16(22-11(13)2)17(19)18-9-12-5-6-14-15(7-12)21-10-20-14/h5-8H,3-4,9-10H2,1-2H3,(H,18,19). The van der Waals surface area contributed by atoms with Crippen molar-refractivity contribution in [2.24, 2.45) is 0 Å². The molecule has 2 heterocycles. The van der Waals surface area contributed by atoms with Gasteiger partial charge in [0.2, 0.25) is 6.79 Å². The van der Waals surface area contributed by atoms with Crippen molar-refractivity contribution in [3.05, 3.63) is 45.1 Å².